The van der Waals surface area contributed by atoms with Crippen molar-refractivity contribution in [1.82, 2.24) is 15.0 Å². The first-order chi connectivity index (χ1) is 11.6. The Balaban J connectivity index is 1.65. The van der Waals surface area contributed by atoms with Crippen molar-refractivity contribution in [1.29, 1.82) is 0 Å². The largest absolute Gasteiger partial charge is 0.323 e. The first-order valence-electron chi connectivity index (χ1n) is 7.67. The number of hydrogen-bond acceptors (Lipinski definition) is 5. The quantitative estimate of drug-likeness (QED) is 0.622. The SMILES string of the molecule is O=C1CCCCc2nc(NC(=O)c3cccc4[nH]c(=O)[nH]c34)sc21. The molecule has 3 aromatic rings. The molecule has 1 aliphatic rings. The molecule has 1 aliphatic carbocycles. The number of aryl methyl sites for hydroxylation is 1. The third kappa shape index (κ3) is 2.54. The lowest BCUT2D eigenvalue weighted by molar-refractivity contribution is 0.0984. The van der Waals surface area contributed by atoms with Gasteiger partial charge in [0, 0.05) is 6.42 Å². The van der Waals surface area contributed by atoms with Crippen LogP contribution in [0.1, 0.15) is 45.0 Å². The van der Waals surface area contributed by atoms with Crippen LogP contribution in [0, 0.1) is 0 Å². The first kappa shape index (κ1) is 14.8. The zero-order valence-corrected chi connectivity index (χ0v) is 13.5. The van der Waals surface area contributed by atoms with E-state index in [4.69, 9.17) is 0 Å². The normalized spacial score (nSPS) is 14.4. The van der Waals surface area contributed by atoms with Crippen LogP contribution in [0.3, 0.4) is 0 Å². The van der Waals surface area contributed by atoms with Crippen LogP contribution in [0.25, 0.3) is 11.0 Å². The first-order valence-corrected chi connectivity index (χ1v) is 8.49. The average Bonchev–Trinajstić information content (AvgIpc) is 3.08. The van der Waals surface area contributed by atoms with Crippen LogP contribution in [-0.2, 0) is 6.42 Å². The van der Waals surface area contributed by atoms with Crippen molar-refractivity contribution >= 4 is 39.2 Å². The van der Waals surface area contributed by atoms with Gasteiger partial charge in [0.25, 0.3) is 5.91 Å². The number of H-pyrrole nitrogens is 2. The summed E-state index contributed by atoms with van der Waals surface area (Å²) in [6.45, 7) is 0. The van der Waals surface area contributed by atoms with E-state index in [1.807, 2.05) is 0 Å². The molecular weight excluding hydrogens is 328 g/mol. The molecule has 0 atom stereocenters. The van der Waals surface area contributed by atoms with Gasteiger partial charge < -0.3 is 9.97 Å². The Morgan fingerprint density at radius 3 is 2.88 bits per heavy atom. The molecule has 24 heavy (non-hydrogen) atoms. The number of carbonyl (C=O) groups is 2. The predicted octanol–water partition coefficient (Wildman–Crippen LogP) is 2.47. The van der Waals surface area contributed by atoms with Gasteiger partial charge in [0.2, 0.25) is 0 Å². The van der Waals surface area contributed by atoms with Gasteiger partial charge in [-0.3, -0.25) is 14.9 Å². The van der Waals surface area contributed by atoms with Crippen molar-refractivity contribution in [2.45, 2.75) is 25.7 Å². The van der Waals surface area contributed by atoms with E-state index in [0.717, 1.165) is 25.0 Å². The maximum Gasteiger partial charge on any atom is 0.323 e. The minimum Gasteiger partial charge on any atom is -0.306 e. The number of rotatable bonds is 2. The molecule has 0 saturated carbocycles. The molecule has 3 N–H and O–H groups in total. The number of aromatic amines is 2. The molecule has 1 aromatic carbocycles. The number of para-hydroxylation sites is 1. The number of anilines is 1. The second kappa shape index (κ2) is 5.72. The highest BCUT2D eigenvalue weighted by atomic mass is 32.1. The zero-order valence-electron chi connectivity index (χ0n) is 12.6. The number of fused-ring (bicyclic) bond motifs is 2. The molecule has 0 radical (unpaired) electrons. The fourth-order valence-corrected chi connectivity index (χ4v) is 3.87. The number of thiazole rings is 1. The number of nitrogens with zero attached hydrogens (tertiary/aromatic N) is 1. The van der Waals surface area contributed by atoms with E-state index in [1.54, 1.807) is 18.2 Å². The van der Waals surface area contributed by atoms with Crippen molar-refractivity contribution in [3.8, 4) is 0 Å². The third-order valence-electron chi connectivity index (χ3n) is 4.03. The molecule has 8 heteroatoms. The van der Waals surface area contributed by atoms with Crippen LogP contribution < -0.4 is 11.0 Å². The summed E-state index contributed by atoms with van der Waals surface area (Å²) in [7, 11) is 0. The van der Waals surface area contributed by atoms with Crippen LogP contribution in [0.5, 0.6) is 0 Å². The maximum absolute atomic E-state index is 12.5. The zero-order chi connectivity index (χ0) is 16.7. The highest BCUT2D eigenvalue weighted by Gasteiger charge is 2.22. The number of amides is 1. The lowest BCUT2D eigenvalue weighted by atomic mass is 10.2. The monoisotopic (exact) mass is 342 g/mol. The molecule has 7 nitrogen and oxygen atoms in total. The van der Waals surface area contributed by atoms with Gasteiger partial charge in [0.15, 0.2) is 10.9 Å². The highest BCUT2D eigenvalue weighted by Crippen LogP contribution is 2.29. The van der Waals surface area contributed by atoms with Crippen LogP contribution in [0.2, 0.25) is 0 Å². The number of imidazole rings is 1. The van der Waals surface area contributed by atoms with Crippen molar-refractivity contribution < 1.29 is 9.59 Å². The van der Waals surface area contributed by atoms with Gasteiger partial charge >= 0.3 is 5.69 Å². The molecule has 0 aliphatic heterocycles. The molecule has 0 saturated heterocycles. The second-order valence-electron chi connectivity index (χ2n) is 5.69. The molecule has 0 unspecified atom stereocenters. The maximum atomic E-state index is 12.5. The summed E-state index contributed by atoms with van der Waals surface area (Å²) in [5.74, 6) is -0.273. The van der Waals surface area contributed by atoms with Gasteiger partial charge in [0.05, 0.1) is 27.2 Å². The van der Waals surface area contributed by atoms with Crippen molar-refractivity contribution in [2.24, 2.45) is 0 Å². The number of ketones is 1. The third-order valence-corrected chi connectivity index (χ3v) is 5.09. The molecular formula is C16H14N4O3S. The molecule has 0 spiro atoms. The minimum absolute atomic E-state index is 0.0950. The lowest BCUT2D eigenvalue weighted by Gasteiger charge is -2.02. The Hall–Kier alpha value is -2.74. The molecule has 2 aromatic heterocycles. The number of benzene rings is 1. The number of Topliss-reactive ketones (excluding diaryl/α,β-unsaturated/α-hetero) is 1. The van der Waals surface area contributed by atoms with E-state index in [0.29, 0.717) is 33.0 Å². The molecule has 0 fully saturated rings. The Bertz CT molecular complexity index is 1010. The molecule has 2 heterocycles. The highest BCUT2D eigenvalue weighted by molar-refractivity contribution is 7.17. The molecule has 0 bridgehead atoms. The summed E-state index contributed by atoms with van der Waals surface area (Å²) < 4.78 is 0. The van der Waals surface area contributed by atoms with Gasteiger partial charge in [-0.25, -0.2) is 9.78 Å². The van der Waals surface area contributed by atoms with Crippen molar-refractivity contribution in [2.75, 3.05) is 5.32 Å². The van der Waals surface area contributed by atoms with E-state index in [2.05, 4.69) is 20.3 Å². The van der Waals surface area contributed by atoms with Gasteiger partial charge in [0.1, 0.15) is 0 Å². The summed E-state index contributed by atoms with van der Waals surface area (Å²) in [6, 6.07) is 5.04. The van der Waals surface area contributed by atoms with E-state index in [1.165, 1.54) is 11.3 Å². The summed E-state index contributed by atoms with van der Waals surface area (Å²) in [5.41, 5.74) is 1.78. The smallest absolute Gasteiger partial charge is 0.306 e. The summed E-state index contributed by atoms with van der Waals surface area (Å²) in [6.07, 6.45) is 3.10. The van der Waals surface area contributed by atoms with E-state index in [9.17, 15) is 14.4 Å². The molecule has 1 amide bonds. The Kier molecular flexibility index (Phi) is 3.53. The summed E-state index contributed by atoms with van der Waals surface area (Å²) in [5, 5.41) is 3.15. The lowest BCUT2D eigenvalue weighted by Crippen LogP contribution is -2.12. The Labute approximate surface area is 140 Å². The van der Waals surface area contributed by atoms with Crippen LogP contribution >= 0.6 is 11.3 Å². The van der Waals surface area contributed by atoms with Gasteiger partial charge in [-0.15, -0.1) is 0 Å². The predicted molar refractivity (Wildman–Crippen MR) is 90.9 cm³/mol. The topological polar surface area (TPSA) is 108 Å². The second-order valence-corrected chi connectivity index (χ2v) is 6.69. The van der Waals surface area contributed by atoms with Gasteiger partial charge in [-0.05, 0) is 31.4 Å². The van der Waals surface area contributed by atoms with Crippen LogP contribution in [0.4, 0.5) is 5.13 Å². The molecule has 4 rings (SSSR count). The number of carbonyl (C=O) groups excluding carboxylic acids is 2. The average molecular weight is 342 g/mol. The fourth-order valence-electron chi connectivity index (χ4n) is 2.90. The minimum atomic E-state index is -0.368. The number of hydrogen-bond donors (Lipinski definition) is 3. The van der Waals surface area contributed by atoms with Crippen LogP contribution in [-0.4, -0.2) is 26.6 Å². The Morgan fingerprint density at radius 1 is 1.17 bits per heavy atom. The number of aromatic nitrogens is 3. The van der Waals surface area contributed by atoms with E-state index in [-0.39, 0.29) is 17.4 Å². The fraction of sp³-hybridized carbons (Fsp3) is 0.250. The summed E-state index contributed by atoms with van der Waals surface area (Å²) >= 11 is 1.22. The van der Waals surface area contributed by atoms with Crippen molar-refractivity contribution in [3.05, 3.63) is 44.8 Å². The standard InChI is InChI=1S/C16H14N4O3S/c21-11-7-2-1-5-10-13(11)24-16(18-10)20-14(22)8-4-3-6-9-12(8)19-15(23)17-9/h3-4,6H,1-2,5,7H2,(H2,17,19,23)(H,18,20,22). The van der Waals surface area contributed by atoms with Crippen molar-refractivity contribution in [3.63, 3.8) is 0 Å². The summed E-state index contributed by atoms with van der Waals surface area (Å²) in [4.78, 5) is 46.3. The molecule has 122 valence electrons. The Morgan fingerprint density at radius 2 is 2.00 bits per heavy atom. The van der Waals surface area contributed by atoms with E-state index < -0.39 is 0 Å². The van der Waals surface area contributed by atoms with E-state index >= 15 is 0 Å². The number of nitrogens with one attached hydrogen (secondary N) is 3. The van der Waals surface area contributed by atoms with Gasteiger partial charge in [-0.2, -0.15) is 0 Å². The van der Waals surface area contributed by atoms with Gasteiger partial charge in [-0.1, -0.05) is 17.4 Å². The van der Waals surface area contributed by atoms with Crippen LogP contribution in [0.15, 0.2) is 23.0 Å².